The Morgan fingerprint density at radius 1 is 1.00 bits per heavy atom. The Bertz CT molecular complexity index is 1480. The van der Waals surface area contributed by atoms with E-state index in [1.165, 1.54) is 18.2 Å². The topological polar surface area (TPSA) is 69.3 Å². The maximum Gasteiger partial charge on any atom is 0.287 e. The lowest BCUT2D eigenvalue weighted by atomic mass is 10.1. The van der Waals surface area contributed by atoms with Gasteiger partial charge in [-0.25, -0.2) is 9.07 Å². The summed E-state index contributed by atoms with van der Waals surface area (Å²) in [6.07, 6.45) is 1.91. The molecule has 0 aliphatic carbocycles. The molecule has 36 heavy (non-hydrogen) atoms. The second-order valence-corrected chi connectivity index (χ2v) is 8.37. The molecule has 180 valence electrons. The van der Waals surface area contributed by atoms with Crippen molar-refractivity contribution in [3.63, 3.8) is 0 Å². The van der Waals surface area contributed by atoms with E-state index in [2.05, 4.69) is 5.32 Å². The normalized spacial score (nSPS) is 10.8. The van der Waals surface area contributed by atoms with Crippen molar-refractivity contribution >= 4 is 17.5 Å². The molecule has 6 nitrogen and oxygen atoms in total. The summed E-state index contributed by atoms with van der Waals surface area (Å²) in [5, 5.41) is 7.82. The average Bonchev–Trinajstić information content (AvgIpc) is 3.56. The van der Waals surface area contributed by atoms with Gasteiger partial charge in [0.2, 0.25) is 0 Å². The molecule has 1 N–H and O–H groups in total. The largest absolute Gasteiger partial charge is 0.484 e. The lowest BCUT2D eigenvalue weighted by Gasteiger charge is -2.06. The molecule has 0 saturated heterocycles. The van der Waals surface area contributed by atoms with Gasteiger partial charge in [-0.1, -0.05) is 60.1 Å². The lowest BCUT2D eigenvalue weighted by molar-refractivity contribution is 0.0919. The van der Waals surface area contributed by atoms with Crippen LogP contribution in [0.5, 0.6) is 5.75 Å². The summed E-state index contributed by atoms with van der Waals surface area (Å²) in [5.41, 5.74) is 3.52. The molecular weight excluding hydrogens is 481 g/mol. The number of ether oxygens (including phenoxy) is 1. The summed E-state index contributed by atoms with van der Waals surface area (Å²) in [6.45, 7) is 0.300. The van der Waals surface area contributed by atoms with Gasteiger partial charge in [-0.05, 0) is 42.5 Å². The zero-order valence-corrected chi connectivity index (χ0v) is 19.8. The molecule has 0 saturated carbocycles. The quantitative estimate of drug-likeness (QED) is 0.266. The Morgan fingerprint density at radius 3 is 2.50 bits per heavy atom. The van der Waals surface area contributed by atoms with Gasteiger partial charge < -0.3 is 14.5 Å². The third kappa shape index (κ3) is 5.31. The number of para-hydroxylation sites is 1. The number of rotatable bonds is 8. The SMILES string of the molecule is O=C(NCc1cn(-c2ccccc2)nc1-c1ccccc1)c1ccc(COc2ccc(F)cc2Cl)o1. The number of nitrogens with zero attached hydrogens (tertiary/aromatic N) is 2. The van der Waals surface area contributed by atoms with Gasteiger partial charge in [-0.3, -0.25) is 4.79 Å². The Kier molecular flexibility index (Phi) is 6.82. The highest BCUT2D eigenvalue weighted by molar-refractivity contribution is 6.32. The second-order valence-electron chi connectivity index (χ2n) is 7.96. The van der Waals surface area contributed by atoms with E-state index in [4.69, 9.17) is 25.9 Å². The first-order valence-corrected chi connectivity index (χ1v) is 11.6. The van der Waals surface area contributed by atoms with E-state index < -0.39 is 5.82 Å². The first kappa shape index (κ1) is 23.4. The van der Waals surface area contributed by atoms with Crippen LogP contribution in [0.1, 0.15) is 21.9 Å². The number of benzene rings is 3. The zero-order valence-electron chi connectivity index (χ0n) is 19.0. The van der Waals surface area contributed by atoms with E-state index in [1.54, 1.807) is 16.8 Å². The van der Waals surface area contributed by atoms with E-state index >= 15 is 0 Å². The molecule has 3 aromatic carbocycles. The molecule has 0 atom stereocenters. The fourth-order valence-electron chi connectivity index (χ4n) is 3.67. The summed E-state index contributed by atoms with van der Waals surface area (Å²) in [7, 11) is 0. The molecule has 0 aliphatic heterocycles. The Labute approximate surface area is 211 Å². The molecule has 0 aliphatic rings. The summed E-state index contributed by atoms with van der Waals surface area (Å²) in [4.78, 5) is 12.8. The predicted molar refractivity (Wildman–Crippen MR) is 135 cm³/mol. The number of aromatic nitrogens is 2. The molecular formula is C28H21ClFN3O3. The summed E-state index contributed by atoms with van der Waals surface area (Å²) in [5.74, 6) is 0.0869. The van der Waals surface area contributed by atoms with Crippen LogP contribution < -0.4 is 10.1 Å². The van der Waals surface area contributed by atoms with Crippen LogP contribution in [0.4, 0.5) is 4.39 Å². The van der Waals surface area contributed by atoms with Crippen molar-refractivity contribution in [1.82, 2.24) is 15.1 Å². The van der Waals surface area contributed by atoms with Crippen LogP contribution in [0.25, 0.3) is 16.9 Å². The van der Waals surface area contributed by atoms with Crippen molar-refractivity contribution in [3.8, 4) is 22.7 Å². The lowest BCUT2D eigenvalue weighted by Crippen LogP contribution is -2.22. The van der Waals surface area contributed by atoms with Gasteiger partial charge in [-0.15, -0.1) is 0 Å². The van der Waals surface area contributed by atoms with Crippen LogP contribution in [-0.2, 0) is 13.2 Å². The van der Waals surface area contributed by atoms with Crippen molar-refractivity contribution < 1.29 is 18.3 Å². The summed E-state index contributed by atoms with van der Waals surface area (Å²) < 4.78 is 26.2. The maximum absolute atomic E-state index is 13.2. The molecule has 8 heteroatoms. The number of nitrogens with one attached hydrogen (secondary N) is 1. The monoisotopic (exact) mass is 501 g/mol. The van der Waals surface area contributed by atoms with Crippen molar-refractivity contribution in [2.45, 2.75) is 13.2 Å². The van der Waals surface area contributed by atoms with E-state index in [0.29, 0.717) is 11.5 Å². The number of amides is 1. The predicted octanol–water partition coefficient (Wildman–Crippen LogP) is 6.43. The fraction of sp³-hybridized carbons (Fsp3) is 0.0714. The van der Waals surface area contributed by atoms with Crippen molar-refractivity contribution in [2.24, 2.45) is 0 Å². The highest BCUT2D eigenvalue weighted by atomic mass is 35.5. The van der Waals surface area contributed by atoms with E-state index in [-0.39, 0.29) is 29.8 Å². The number of furan rings is 1. The van der Waals surface area contributed by atoms with Crippen LogP contribution in [0.3, 0.4) is 0 Å². The molecule has 0 unspecified atom stereocenters. The van der Waals surface area contributed by atoms with Crippen LogP contribution in [-0.4, -0.2) is 15.7 Å². The van der Waals surface area contributed by atoms with E-state index in [1.807, 2.05) is 66.9 Å². The number of carbonyl (C=O) groups excluding carboxylic acids is 1. The fourth-order valence-corrected chi connectivity index (χ4v) is 3.89. The van der Waals surface area contributed by atoms with Crippen LogP contribution in [0, 0.1) is 5.82 Å². The van der Waals surface area contributed by atoms with Crippen molar-refractivity contribution in [3.05, 3.63) is 125 Å². The highest BCUT2D eigenvalue weighted by Gasteiger charge is 2.16. The van der Waals surface area contributed by atoms with Crippen LogP contribution in [0.2, 0.25) is 5.02 Å². The smallest absolute Gasteiger partial charge is 0.287 e. The first-order chi connectivity index (χ1) is 17.6. The minimum Gasteiger partial charge on any atom is -0.484 e. The third-order valence-corrected chi connectivity index (χ3v) is 5.74. The Morgan fingerprint density at radius 2 is 1.75 bits per heavy atom. The molecule has 0 bridgehead atoms. The third-order valence-electron chi connectivity index (χ3n) is 5.45. The van der Waals surface area contributed by atoms with Gasteiger partial charge in [0.1, 0.15) is 23.9 Å². The molecule has 5 aromatic rings. The van der Waals surface area contributed by atoms with Gasteiger partial charge in [0, 0.05) is 23.9 Å². The van der Waals surface area contributed by atoms with Gasteiger partial charge >= 0.3 is 0 Å². The molecule has 2 heterocycles. The molecule has 0 radical (unpaired) electrons. The summed E-state index contributed by atoms with van der Waals surface area (Å²) in [6, 6.07) is 26.7. The zero-order chi connectivity index (χ0) is 24.9. The Hall–Kier alpha value is -4.36. The molecule has 0 spiro atoms. The van der Waals surface area contributed by atoms with Crippen LogP contribution >= 0.6 is 11.6 Å². The molecule has 2 aromatic heterocycles. The van der Waals surface area contributed by atoms with E-state index in [0.717, 1.165) is 22.5 Å². The van der Waals surface area contributed by atoms with Crippen LogP contribution in [0.15, 0.2) is 102 Å². The number of hydrogen-bond donors (Lipinski definition) is 1. The number of halogens is 2. The maximum atomic E-state index is 13.2. The first-order valence-electron chi connectivity index (χ1n) is 11.2. The minimum absolute atomic E-state index is 0.0423. The van der Waals surface area contributed by atoms with Gasteiger partial charge in [0.05, 0.1) is 16.4 Å². The molecule has 0 fully saturated rings. The van der Waals surface area contributed by atoms with Crippen molar-refractivity contribution in [2.75, 3.05) is 0 Å². The van der Waals surface area contributed by atoms with Crippen molar-refractivity contribution in [1.29, 1.82) is 0 Å². The van der Waals surface area contributed by atoms with Gasteiger partial charge in [-0.2, -0.15) is 5.10 Å². The average molecular weight is 502 g/mol. The minimum atomic E-state index is -0.450. The van der Waals surface area contributed by atoms with E-state index in [9.17, 15) is 9.18 Å². The number of hydrogen-bond acceptors (Lipinski definition) is 4. The molecule has 1 amide bonds. The Balaban J connectivity index is 1.28. The van der Waals surface area contributed by atoms with Gasteiger partial charge in [0.25, 0.3) is 5.91 Å². The summed E-state index contributed by atoms with van der Waals surface area (Å²) >= 11 is 5.98. The molecule has 5 rings (SSSR count). The highest BCUT2D eigenvalue weighted by Crippen LogP contribution is 2.26. The van der Waals surface area contributed by atoms with Gasteiger partial charge in [0.15, 0.2) is 5.76 Å². The second kappa shape index (κ2) is 10.5. The standard InChI is InChI=1S/C28H21ClFN3O3/c29-24-15-21(30)11-13-25(24)35-18-23-12-14-26(36-23)28(34)31-16-20-17-33(22-9-5-2-6-10-22)32-27(20)19-7-3-1-4-8-19/h1-15,17H,16,18H2,(H,31,34). The number of carbonyl (C=O) groups is 1.